The van der Waals surface area contributed by atoms with Crippen molar-refractivity contribution in [2.75, 3.05) is 46.4 Å². The van der Waals surface area contributed by atoms with E-state index in [1.165, 1.54) is 0 Å². The lowest BCUT2D eigenvalue weighted by molar-refractivity contribution is -0.131. The molecule has 0 saturated carbocycles. The maximum atomic E-state index is 12.0. The highest BCUT2D eigenvalue weighted by Gasteiger charge is 2.24. The van der Waals surface area contributed by atoms with Crippen LogP contribution in [0.25, 0.3) is 0 Å². The molecule has 18 heavy (non-hydrogen) atoms. The van der Waals surface area contributed by atoms with Crippen molar-refractivity contribution in [3.8, 4) is 0 Å². The molecule has 1 aliphatic heterocycles. The third-order valence-electron chi connectivity index (χ3n) is 2.81. The summed E-state index contributed by atoms with van der Waals surface area (Å²) in [4.78, 5) is 16.0. The maximum Gasteiger partial charge on any atom is 0.236 e. The van der Waals surface area contributed by atoms with Crippen LogP contribution in [0.15, 0.2) is 0 Å². The molecule has 2 N–H and O–H groups in total. The lowest BCUT2D eigenvalue weighted by atomic mass is 10.1. The van der Waals surface area contributed by atoms with Crippen LogP contribution in [-0.2, 0) is 9.53 Å². The Labute approximate surface area is 116 Å². The summed E-state index contributed by atoms with van der Waals surface area (Å²) in [6.45, 7) is 8.28. The zero-order valence-electron chi connectivity index (χ0n) is 11.6. The fourth-order valence-electron chi connectivity index (χ4n) is 2.13. The summed E-state index contributed by atoms with van der Waals surface area (Å²) >= 11 is 0. The van der Waals surface area contributed by atoms with Crippen molar-refractivity contribution in [1.29, 1.82) is 0 Å². The molecule has 0 atom stereocenters. The summed E-state index contributed by atoms with van der Waals surface area (Å²) in [5.74, 6) is 0.184. The first kappa shape index (κ1) is 17.6. The van der Waals surface area contributed by atoms with Crippen LogP contribution in [0.4, 0.5) is 0 Å². The summed E-state index contributed by atoms with van der Waals surface area (Å²) in [7, 11) is 1.66. The quantitative estimate of drug-likeness (QED) is 0.788. The van der Waals surface area contributed by atoms with E-state index in [1.807, 2.05) is 18.7 Å². The van der Waals surface area contributed by atoms with Crippen LogP contribution in [0.5, 0.6) is 0 Å². The van der Waals surface area contributed by atoms with Crippen molar-refractivity contribution in [3.63, 3.8) is 0 Å². The molecule has 0 unspecified atom stereocenters. The lowest BCUT2D eigenvalue weighted by Crippen LogP contribution is -2.47. The summed E-state index contributed by atoms with van der Waals surface area (Å²) in [6.07, 6.45) is 1.01. The monoisotopic (exact) mass is 279 g/mol. The second kappa shape index (κ2) is 7.94. The number of methoxy groups -OCH3 is 1. The predicted octanol–water partition coefficient (Wildman–Crippen LogP) is 0.326. The van der Waals surface area contributed by atoms with E-state index in [1.54, 1.807) is 7.11 Å². The fourth-order valence-corrected chi connectivity index (χ4v) is 2.13. The fraction of sp³-hybridized carbons (Fsp3) is 0.917. The highest BCUT2D eigenvalue weighted by Crippen LogP contribution is 2.08. The number of rotatable bonds is 5. The molecule has 0 aromatic rings. The molecule has 1 rings (SSSR count). The second-order valence-corrected chi connectivity index (χ2v) is 5.43. The molecule has 108 valence electrons. The Balaban J connectivity index is 0.00000289. The molecule has 1 aliphatic rings. The van der Waals surface area contributed by atoms with Gasteiger partial charge in [-0.3, -0.25) is 9.69 Å². The van der Waals surface area contributed by atoms with E-state index >= 15 is 0 Å². The van der Waals surface area contributed by atoms with Gasteiger partial charge >= 0.3 is 0 Å². The first-order chi connectivity index (χ1) is 7.92. The molecule has 1 saturated heterocycles. The van der Waals surface area contributed by atoms with Gasteiger partial charge in [0, 0.05) is 38.8 Å². The zero-order valence-corrected chi connectivity index (χ0v) is 12.5. The number of carbonyl (C=O) groups is 1. The molecule has 1 amide bonds. The van der Waals surface area contributed by atoms with Gasteiger partial charge in [-0.25, -0.2) is 0 Å². The highest BCUT2D eigenvalue weighted by atomic mass is 35.5. The molecule has 0 bridgehead atoms. The second-order valence-electron chi connectivity index (χ2n) is 5.43. The summed E-state index contributed by atoms with van der Waals surface area (Å²) in [5.41, 5.74) is 5.74. The standard InChI is InChI=1S/C12H25N3O2.ClH/c1-12(2,13)10-14-5-4-6-15(7-8-17-3)11(16)9-14;/h4-10,13H2,1-3H3;1H. The first-order valence-electron chi connectivity index (χ1n) is 6.20. The number of nitrogens with two attached hydrogens (primary N) is 1. The number of carbonyl (C=O) groups excluding carboxylic acids is 1. The van der Waals surface area contributed by atoms with Crippen molar-refractivity contribution in [2.45, 2.75) is 25.8 Å². The molecule has 0 aromatic heterocycles. The van der Waals surface area contributed by atoms with Crippen LogP contribution in [-0.4, -0.2) is 67.7 Å². The normalized spacial score (nSPS) is 18.4. The third kappa shape index (κ3) is 6.54. The average Bonchev–Trinajstić information content (AvgIpc) is 2.35. The van der Waals surface area contributed by atoms with Gasteiger partial charge in [0.2, 0.25) is 5.91 Å². The molecular weight excluding hydrogens is 254 g/mol. The van der Waals surface area contributed by atoms with E-state index in [2.05, 4.69) is 4.90 Å². The minimum absolute atomic E-state index is 0. The van der Waals surface area contributed by atoms with E-state index in [4.69, 9.17) is 10.5 Å². The van der Waals surface area contributed by atoms with Crippen molar-refractivity contribution in [1.82, 2.24) is 9.80 Å². The molecule has 1 heterocycles. The van der Waals surface area contributed by atoms with Crippen molar-refractivity contribution >= 4 is 18.3 Å². The maximum absolute atomic E-state index is 12.0. The number of hydrogen-bond donors (Lipinski definition) is 1. The first-order valence-corrected chi connectivity index (χ1v) is 6.20. The molecule has 1 fully saturated rings. The largest absolute Gasteiger partial charge is 0.383 e. The minimum Gasteiger partial charge on any atom is -0.383 e. The van der Waals surface area contributed by atoms with Gasteiger partial charge in [-0.05, 0) is 20.3 Å². The van der Waals surface area contributed by atoms with E-state index in [0.717, 1.165) is 26.1 Å². The van der Waals surface area contributed by atoms with Crippen LogP contribution in [0.2, 0.25) is 0 Å². The van der Waals surface area contributed by atoms with E-state index in [-0.39, 0.29) is 23.9 Å². The Bertz CT molecular complexity index is 256. The summed E-state index contributed by atoms with van der Waals surface area (Å²) < 4.78 is 5.01. The highest BCUT2D eigenvalue weighted by molar-refractivity contribution is 5.85. The van der Waals surface area contributed by atoms with Gasteiger partial charge in [0.05, 0.1) is 13.2 Å². The van der Waals surface area contributed by atoms with Crippen LogP contribution in [0, 0.1) is 0 Å². The van der Waals surface area contributed by atoms with Crippen LogP contribution >= 0.6 is 12.4 Å². The minimum atomic E-state index is -0.248. The van der Waals surface area contributed by atoms with Crippen molar-refractivity contribution in [2.24, 2.45) is 5.73 Å². The number of halogens is 1. The van der Waals surface area contributed by atoms with Crippen LogP contribution in [0.1, 0.15) is 20.3 Å². The van der Waals surface area contributed by atoms with Gasteiger partial charge in [0.15, 0.2) is 0 Å². The molecule has 6 heteroatoms. The molecule has 0 spiro atoms. The zero-order chi connectivity index (χ0) is 12.9. The van der Waals surface area contributed by atoms with Gasteiger partial charge in [-0.15, -0.1) is 12.4 Å². The average molecular weight is 280 g/mol. The molecule has 5 nitrogen and oxygen atoms in total. The van der Waals surface area contributed by atoms with Crippen LogP contribution < -0.4 is 5.73 Å². The summed E-state index contributed by atoms with van der Waals surface area (Å²) in [5, 5.41) is 0. The van der Waals surface area contributed by atoms with E-state index < -0.39 is 0 Å². The van der Waals surface area contributed by atoms with Crippen molar-refractivity contribution < 1.29 is 9.53 Å². The number of ether oxygens (including phenoxy) is 1. The Morgan fingerprint density at radius 3 is 2.61 bits per heavy atom. The lowest BCUT2D eigenvalue weighted by Gasteiger charge is -2.28. The SMILES string of the molecule is COCCN1CCCN(CC(C)(C)N)CC1=O.Cl. The van der Waals surface area contributed by atoms with Gasteiger partial charge in [0.25, 0.3) is 0 Å². The van der Waals surface area contributed by atoms with Crippen LogP contribution in [0.3, 0.4) is 0 Å². The Hall–Kier alpha value is -0.360. The Morgan fingerprint density at radius 2 is 2.06 bits per heavy atom. The van der Waals surface area contributed by atoms with Gasteiger partial charge in [-0.1, -0.05) is 0 Å². The van der Waals surface area contributed by atoms with Crippen molar-refractivity contribution in [3.05, 3.63) is 0 Å². The molecule has 0 aromatic carbocycles. The topological polar surface area (TPSA) is 58.8 Å². The number of nitrogens with zero attached hydrogens (tertiary/aromatic N) is 2. The number of hydrogen-bond acceptors (Lipinski definition) is 4. The summed E-state index contributed by atoms with van der Waals surface area (Å²) in [6, 6.07) is 0. The van der Waals surface area contributed by atoms with Gasteiger partial charge in [-0.2, -0.15) is 0 Å². The third-order valence-corrected chi connectivity index (χ3v) is 2.81. The molecule has 0 aliphatic carbocycles. The van der Waals surface area contributed by atoms with E-state index in [9.17, 15) is 4.79 Å². The van der Waals surface area contributed by atoms with Gasteiger partial charge < -0.3 is 15.4 Å². The molecular formula is C12H26ClN3O2. The van der Waals surface area contributed by atoms with Gasteiger partial charge in [0.1, 0.15) is 0 Å². The number of amides is 1. The van der Waals surface area contributed by atoms with E-state index in [0.29, 0.717) is 19.7 Å². The Kier molecular flexibility index (Phi) is 7.78. The smallest absolute Gasteiger partial charge is 0.236 e. The predicted molar refractivity (Wildman–Crippen MR) is 75.0 cm³/mol. The Morgan fingerprint density at radius 1 is 1.39 bits per heavy atom. The molecule has 0 radical (unpaired) electrons.